The van der Waals surface area contributed by atoms with Crippen molar-refractivity contribution in [2.45, 2.75) is 19.3 Å². The third-order valence-electron chi connectivity index (χ3n) is 2.90. The minimum absolute atomic E-state index is 0.0152. The van der Waals surface area contributed by atoms with Crippen LogP contribution in [0.5, 0.6) is 0 Å². The quantitative estimate of drug-likeness (QED) is 0.449. The van der Waals surface area contributed by atoms with Gasteiger partial charge in [0.15, 0.2) is 5.78 Å². The first-order valence-electron chi connectivity index (χ1n) is 5.88. The van der Waals surface area contributed by atoms with Crippen LogP contribution in [0.2, 0.25) is 0 Å². The first kappa shape index (κ1) is 12.3. The van der Waals surface area contributed by atoms with E-state index < -0.39 is 0 Å². The summed E-state index contributed by atoms with van der Waals surface area (Å²) < 4.78 is 13.6. The lowest BCUT2D eigenvalue weighted by Crippen LogP contribution is -2.00. The molecule has 0 amide bonds. The maximum atomic E-state index is 13.6. The maximum absolute atomic E-state index is 13.6. The number of terminal acetylenes is 1. The Balaban J connectivity index is 2.37. The average molecular weight is 240 g/mol. The van der Waals surface area contributed by atoms with Crippen LogP contribution in [0, 0.1) is 18.2 Å². The second-order valence-electron chi connectivity index (χ2n) is 4.12. The number of hydrogen-bond donors (Lipinski definition) is 0. The smallest absolute Gasteiger partial charge is 0.163 e. The molecule has 2 rings (SSSR count). The van der Waals surface area contributed by atoms with Gasteiger partial charge in [-0.3, -0.25) is 4.79 Å². The normalized spacial score (nSPS) is 10.2. The third-order valence-corrected chi connectivity index (χ3v) is 2.90. The van der Waals surface area contributed by atoms with Crippen LogP contribution in [0.1, 0.15) is 29.6 Å². The molecule has 0 atom stereocenters. The Morgan fingerprint density at radius 3 is 2.61 bits per heavy atom. The van der Waals surface area contributed by atoms with E-state index in [0.29, 0.717) is 35.6 Å². The molecular formula is C16H13FO. The number of unbranched alkanes of at least 4 members (excludes halogenated alkanes) is 1. The topological polar surface area (TPSA) is 17.1 Å². The number of carbonyl (C=O) groups is 1. The zero-order chi connectivity index (χ0) is 13.0. The van der Waals surface area contributed by atoms with Gasteiger partial charge in [0.1, 0.15) is 5.82 Å². The van der Waals surface area contributed by atoms with Crippen molar-refractivity contribution in [3.8, 4) is 12.3 Å². The molecule has 0 radical (unpaired) electrons. The largest absolute Gasteiger partial charge is 0.294 e. The summed E-state index contributed by atoms with van der Waals surface area (Å²) in [4.78, 5) is 12.1. The molecule has 2 aromatic carbocycles. The van der Waals surface area contributed by atoms with Crippen molar-refractivity contribution < 1.29 is 9.18 Å². The monoisotopic (exact) mass is 240 g/mol. The van der Waals surface area contributed by atoms with Crippen molar-refractivity contribution in [3.05, 3.63) is 47.8 Å². The molecule has 90 valence electrons. The minimum Gasteiger partial charge on any atom is -0.294 e. The molecule has 0 N–H and O–H groups in total. The van der Waals surface area contributed by atoms with E-state index in [2.05, 4.69) is 5.92 Å². The number of halogens is 1. The van der Waals surface area contributed by atoms with Crippen LogP contribution in [-0.4, -0.2) is 5.78 Å². The predicted octanol–water partition coefficient (Wildman–Crippen LogP) is 3.97. The highest BCUT2D eigenvalue weighted by molar-refractivity contribution is 6.08. The zero-order valence-corrected chi connectivity index (χ0v) is 9.95. The van der Waals surface area contributed by atoms with Gasteiger partial charge in [-0.15, -0.1) is 12.3 Å². The molecule has 1 nitrogen and oxygen atoms in total. The molecule has 0 saturated carbocycles. The molecule has 0 heterocycles. The van der Waals surface area contributed by atoms with Crippen LogP contribution in [0.4, 0.5) is 4.39 Å². The second kappa shape index (κ2) is 5.46. The van der Waals surface area contributed by atoms with Gasteiger partial charge in [0.2, 0.25) is 0 Å². The van der Waals surface area contributed by atoms with Crippen LogP contribution >= 0.6 is 0 Å². The van der Waals surface area contributed by atoms with E-state index in [0.717, 1.165) is 0 Å². The highest BCUT2D eigenvalue weighted by atomic mass is 19.1. The Morgan fingerprint density at radius 1 is 1.17 bits per heavy atom. The summed E-state index contributed by atoms with van der Waals surface area (Å²) in [5.41, 5.74) is 0.573. The first-order chi connectivity index (χ1) is 8.74. The number of Topliss-reactive ketones (excluding diaryl/α,β-unsaturated/α-hetero) is 1. The summed E-state index contributed by atoms with van der Waals surface area (Å²) in [7, 11) is 0. The van der Waals surface area contributed by atoms with Crippen LogP contribution in [0.15, 0.2) is 36.4 Å². The van der Waals surface area contributed by atoms with E-state index in [1.165, 1.54) is 6.07 Å². The van der Waals surface area contributed by atoms with Crippen molar-refractivity contribution in [1.29, 1.82) is 0 Å². The van der Waals surface area contributed by atoms with Crippen molar-refractivity contribution in [2.75, 3.05) is 0 Å². The van der Waals surface area contributed by atoms with E-state index in [1.54, 1.807) is 30.3 Å². The van der Waals surface area contributed by atoms with Crippen LogP contribution in [-0.2, 0) is 0 Å². The molecule has 0 aliphatic rings. The van der Waals surface area contributed by atoms with E-state index in [1.807, 2.05) is 0 Å². The Kier molecular flexibility index (Phi) is 3.74. The fraction of sp³-hybridized carbons (Fsp3) is 0.188. The Morgan fingerprint density at radius 2 is 1.89 bits per heavy atom. The Bertz CT molecular complexity index is 623. The van der Waals surface area contributed by atoms with Crippen molar-refractivity contribution >= 4 is 16.6 Å². The van der Waals surface area contributed by atoms with Gasteiger partial charge in [-0.2, -0.15) is 0 Å². The zero-order valence-electron chi connectivity index (χ0n) is 9.95. The average Bonchev–Trinajstić information content (AvgIpc) is 2.39. The van der Waals surface area contributed by atoms with Gasteiger partial charge in [-0.05, 0) is 23.9 Å². The number of fused-ring (bicyclic) bond motifs is 1. The highest BCUT2D eigenvalue weighted by Crippen LogP contribution is 2.23. The Labute approximate surface area is 106 Å². The fourth-order valence-electron chi connectivity index (χ4n) is 1.99. The molecule has 0 spiro atoms. The van der Waals surface area contributed by atoms with Crippen LogP contribution in [0.3, 0.4) is 0 Å². The van der Waals surface area contributed by atoms with Gasteiger partial charge in [0, 0.05) is 23.8 Å². The second-order valence-corrected chi connectivity index (χ2v) is 4.12. The van der Waals surface area contributed by atoms with E-state index in [4.69, 9.17) is 6.42 Å². The summed E-state index contributed by atoms with van der Waals surface area (Å²) in [6.07, 6.45) is 6.81. The van der Waals surface area contributed by atoms with Gasteiger partial charge in [-0.25, -0.2) is 4.39 Å². The molecule has 2 heteroatoms. The van der Waals surface area contributed by atoms with Crippen molar-refractivity contribution in [3.63, 3.8) is 0 Å². The van der Waals surface area contributed by atoms with Crippen molar-refractivity contribution in [2.24, 2.45) is 0 Å². The van der Waals surface area contributed by atoms with Crippen LogP contribution in [0.25, 0.3) is 10.8 Å². The van der Waals surface area contributed by atoms with Gasteiger partial charge in [-0.1, -0.05) is 24.3 Å². The Hall–Kier alpha value is -2.14. The highest BCUT2D eigenvalue weighted by Gasteiger charge is 2.11. The molecule has 0 unspecified atom stereocenters. The maximum Gasteiger partial charge on any atom is 0.163 e. The van der Waals surface area contributed by atoms with Crippen LogP contribution < -0.4 is 0 Å². The number of ketones is 1. The minimum atomic E-state index is -0.300. The molecule has 0 aliphatic carbocycles. The third kappa shape index (κ3) is 2.41. The lowest BCUT2D eigenvalue weighted by molar-refractivity contribution is 0.0982. The van der Waals surface area contributed by atoms with Crippen molar-refractivity contribution in [1.82, 2.24) is 0 Å². The predicted molar refractivity (Wildman–Crippen MR) is 70.9 cm³/mol. The molecule has 18 heavy (non-hydrogen) atoms. The van der Waals surface area contributed by atoms with Gasteiger partial charge >= 0.3 is 0 Å². The van der Waals surface area contributed by atoms with Gasteiger partial charge in [0.05, 0.1) is 0 Å². The standard InChI is InChI=1S/C16H13FO/c1-2-3-4-9-16(18)14-10-11-15(17)13-8-6-5-7-12(13)14/h1,5-8,10-11H,3-4,9H2. The summed E-state index contributed by atoms with van der Waals surface area (Å²) >= 11 is 0. The van der Waals surface area contributed by atoms with Gasteiger partial charge < -0.3 is 0 Å². The molecule has 0 bridgehead atoms. The molecule has 0 fully saturated rings. The molecule has 0 aromatic heterocycles. The molecule has 2 aromatic rings. The molecular weight excluding hydrogens is 227 g/mol. The number of benzene rings is 2. The summed E-state index contributed by atoms with van der Waals surface area (Å²) in [6, 6.07) is 9.92. The summed E-state index contributed by atoms with van der Waals surface area (Å²) in [5, 5.41) is 1.16. The number of hydrogen-bond acceptors (Lipinski definition) is 1. The first-order valence-corrected chi connectivity index (χ1v) is 5.88. The van der Waals surface area contributed by atoms with Gasteiger partial charge in [0.25, 0.3) is 0 Å². The van der Waals surface area contributed by atoms with E-state index in [9.17, 15) is 9.18 Å². The lowest BCUT2D eigenvalue weighted by Gasteiger charge is -2.06. The number of carbonyl (C=O) groups excluding carboxylic acids is 1. The summed E-state index contributed by atoms with van der Waals surface area (Å²) in [6.45, 7) is 0. The fourth-order valence-corrected chi connectivity index (χ4v) is 1.99. The SMILES string of the molecule is C#CCCCC(=O)c1ccc(F)c2ccccc12. The molecule has 0 aliphatic heterocycles. The summed E-state index contributed by atoms with van der Waals surface area (Å²) in [5.74, 6) is 2.22. The molecule has 0 saturated heterocycles. The lowest BCUT2D eigenvalue weighted by atomic mass is 9.98. The number of rotatable bonds is 4. The van der Waals surface area contributed by atoms with E-state index >= 15 is 0 Å². The van der Waals surface area contributed by atoms with E-state index in [-0.39, 0.29) is 11.6 Å².